The Labute approximate surface area is 204 Å². The zero-order valence-electron chi connectivity index (χ0n) is 19.0. The van der Waals surface area contributed by atoms with Gasteiger partial charge in [0.2, 0.25) is 0 Å². The fourth-order valence-electron chi connectivity index (χ4n) is 4.24. The van der Waals surface area contributed by atoms with Crippen molar-refractivity contribution in [3.63, 3.8) is 0 Å². The van der Waals surface area contributed by atoms with E-state index in [0.29, 0.717) is 24.3 Å². The van der Waals surface area contributed by atoms with Gasteiger partial charge in [0.25, 0.3) is 15.9 Å². The predicted octanol–water partition coefficient (Wildman–Crippen LogP) is 3.39. The number of para-hydroxylation sites is 1. The highest BCUT2D eigenvalue weighted by Crippen LogP contribution is 2.20. The Morgan fingerprint density at radius 3 is 2.31 bits per heavy atom. The van der Waals surface area contributed by atoms with Crippen molar-refractivity contribution in [1.82, 2.24) is 19.8 Å². The van der Waals surface area contributed by atoms with Gasteiger partial charge < -0.3 is 4.90 Å². The van der Waals surface area contributed by atoms with Crippen molar-refractivity contribution in [2.24, 2.45) is 0 Å². The third-order valence-electron chi connectivity index (χ3n) is 6.11. The summed E-state index contributed by atoms with van der Waals surface area (Å²) in [7, 11) is -3.75. The number of carbonyl (C=O) groups is 1. The highest BCUT2D eigenvalue weighted by molar-refractivity contribution is 7.92. The average molecular weight is 488 g/mol. The van der Waals surface area contributed by atoms with Gasteiger partial charge in [0.05, 0.1) is 16.1 Å². The molecule has 0 spiro atoms. The van der Waals surface area contributed by atoms with Gasteiger partial charge >= 0.3 is 0 Å². The Hall–Kier alpha value is -3.82. The molecule has 9 heteroatoms. The maximum atomic E-state index is 13.0. The van der Waals surface area contributed by atoms with Gasteiger partial charge in [-0.05, 0) is 48.0 Å². The van der Waals surface area contributed by atoms with Crippen LogP contribution in [0.1, 0.15) is 15.9 Å². The van der Waals surface area contributed by atoms with Gasteiger partial charge in [-0.2, -0.15) is 0 Å². The first-order chi connectivity index (χ1) is 17.0. The number of hydrogen-bond donors (Lipinski definition) is 1. The molecule has 4 aromatic rings. The Balaban J connectivity index is 1.20. The smallest absolute Gasteiger partial charge is 0.261 e. The van der Waals surface area contributed by atoms with Crippen LogP contribution in [0, 0.1) is 0 Å². The lowest BCUT2D eigenvalue weighted by atomic mass is 10.1. The van der Waals surface area contributed by atoms with Crippen LogP contribution < -0.4 is 4.72 Å². The van der Waals surface area contributed by atoms with Crippen molar-refractivity contribution < 1.29 is 13.2 Å². The number of piperazine rings is 1. The fraction of sp³-hybridized carbons (Fsp3) is 0.192. The van der Waals surface area contributed by atoms with Gasteiger partial charge in [0.15, 0.2) is 0 Å². The van der Waals surface area contributed by atoms with Gasteiger partial charge in [0.1, 0.15) is 0 Å². The first-order valence-corrected chi connectivity index (χ1v) is 12.9. The summed E-state index contributed by atoms with van der Waals surface area (Å²) < 4.78 is 27.7. The molecule has 0 unspecified atom stereocenters. The minimum atomic E-state index is -3.75. The molecule has 1 N–H and O–H groups in total. The molecule has 1 fully saturated rings. The molecule has 178 valence electrons. The number of anilines is 1. The third kappa shape index (κ3) is 5.16. The summed E-state index contributed by atoms with van der Waals surface area (Å²) in [6.07, 6.45) is 4.84. The molecular weight excluding hydrogens is 462 g/mol. The molecule has 1 amide bonds. The number of hydrogen-bond acceptors (Lipinski definition) is 6. The molecule has 3 heterocycles. The Morgan fingerprint density at radius 2 is 1.57 bits per heavy atom. The zero-order chi connectivity index (χ0) is 24.3. The molecule has 0 radical (unpaired) electrons. The SMILES string of the molecule is O=C(c1ccc(S(=O)(=O)Nc2ccncc2)cc1)N1CCN(Cc2cccc3cccnc23)CC1. The third-order valence-corrected chi connectivity index (χ3v) is 7.51. The van der Waals surface area contributed by atoms with Gasteiger partial charge in [-0.1, -0.05) is 24.3 Å². The quantitative estimate of drug-likeness (QED) is 0.448. The van der Waals surface area contributed by atoms with E-state index >= 15 is 0 Å². The van der Waals surface area contributed by atoms with Gasteiger partial charge in [-0.25, -0.2) is 8.42 Å². The van der Waals surface area contributed by atoms with Crippen LogP contribution in [-0.4, -0.2) is 60.3 Å². The van der Waals surface area contributed by atoms with Crippen LogP contribution in [0.4, 0.5) is 5.69 Å². The first kappa shape index (κ1) is 22.9. The topological polar surface area (TPSA) is 95.5 Å². The number of sulfonamides is 1. The van der Waals surface area contributed by atoms with Crippen LogP contribution in [0.3, 0.4) is 0 Å². The normalized spacial score (nSPS) is 14.7. The fourth-order valence-corrected chi connectivity index (χ4v) is 5.30. The summed E-state index contributed by atoms with van der Waals surface area (Å²) in [5.74, 6) is -0.0949. The summed E-state index contributed by atoms with van der Waals surface area (Å²) in [4.78, 5) is 25.7. The van der Waals surface area contributed by atoms with Crippen molar-refractivity contribution in [3.05, 3.63) is 96.4 Å². The number of nitrogens with zero attached hydrogens (tertiary/aromatic N) is 4. The van der Waals surface area contributed by atoms with Gasteiger partial charge in [0, 0.05) is 62.3 Å². The molecule has 0 bridgehead atoms. The Morgan fingerprint density at radius 1 is 0.857 bits per heavy atom. The second kappa shape index (κ2) is 9.81. The molecule has 8 nitrogen and oxygen atoms in total. The molecule has 2 aromatic carbocycles. The van der Waals surface area contributed by atoms with Crippen LogP contribution in [0.2, 0.25) is 0 Å². The van der Waals surface area contributed by atoms with Gasteiger partial charge in [-0.15, -0.1) is 0 Å². The van der Waals surface area contributed by atoms with Crippen LogP contribution in [-0.2, 0) is 16.6 Å². The number of pyridine rings is 2. The van der Waals surface area contributed by atoms with E-state index in [2.05, 4.69) is 43.9 Å². The van der Waals surface area contributed by atoms with E-state index in [1.54, 1.807) is 24.3 Å². The van der Waals surface area contributed by atoms with E-state index < -0.39 is 10.0 Å². The maximum Gasteiger partial charge on any atom is 0.261 e. The van der Waals surface area contributed by atoms with Crippen LogP contribution in [0.25, 0.3) is 10.9 Å². The van der Waals surface area contributed by atoms with E-state index in [9.17, 15) is 13.2 Å². The second-order valence-corrected chi connectivity index (χ2v) is 10.1. The van der Waals surface area contributed by atoms with Crippen molar-refractivity contribution in [1.29, 1.82) is 0 Å². The summed E-state index contributed by atoms with van der Waals surface area (Å²) in [6, 6.07) is 19.4. The van der Waals surface area contributed by atoms with Crippen molar-refractivity contribution in [2.75, 3.05) is 30.9 Å². The lowest BCUT2D eigenvalue weighted by Gasteiger charge is -2.35. The van der Waals surface area contributed by atoms with Gasteiger partial charge in [-0.3, -0.25) is 24.4 Å². The van der Waals surface area contributed by atoms with E-state index in [0.717, 1.165) is 30.5 Å². The highest BCUT2D eigenvalue weighted by Gasteiger charge is 2.23. The summed E-state index contributed by atoms with van der Waals surface area (Å²) in [6.45, 7) is 3.53. The molecule has 0 aliphatic carbocycles. The Bertz CT molecular complexity index is 1430. The molecule has 0 saturated carbocycles. The Kier molecular flexibility index (Phi) is 6.43. The minimum absolute atomic E-state index is 0.0949. The molecule has 35 heavy (non-hydrogen) atoms. The molecule has 1 aliphatic rings. The predicted molar refractivity (Wildman–Crippen MR) is 134 cm³/mol. The standard InChI is InChI=1S/C26H25N5O3S/c32-26(21-6-8-24(9-7-21)35(33,34)29-23-10-13-27-14-11-23)31-17-15-30(16-18-31)19-22-4-1-3-20-5-2-12-28-25(20)22/h1-14H,15-19H2,(H,27,29). The molecule has 1 saturated heterocycles. The molecule has 5 rings (SSSR count). The van der Waals surface area contributed by atoms with Crippen molar-refractivity contribution >= 4 is 32.5 Å². The highest BCUT2D eigenvalue weighted by atomic mass is 32.2. The number of rotatable bonds is 6. The molecule has 2 aromatic heterocycles. The van der Waals surface area contributed by atoms with Crippen molar-refractivity contribution in [2.45, 2.75) is 11.4 Å². The number of carbonyl (C=O) groups excluding carboxylic acids is 1. The molecule has 1 aliphatic heterocycles. The number of nitrogens with one attached hydrogen (secondary N) is 1. The van der Waals surface area contributed by atoms with E-state index in [-0.39, 0.29) is 10.8 Å². The van der Waals surface area contributed by atoms with E-state index in [1.807, 2.05) is 17.2 Å². The largest absolute Gasteiger partial charge is 0.336 e. The monoisotopic (exact) mass is 487 g/mol. The molecule has 0 atom stereocenters. The van der Waals surface area contributed by atoms with E-state index in [1.165, 1.54) is 30.1 Å². The van der Waals surface area contributed by atoms with Crippen LogP contribution in [0.15, 0.2) is 90.2 Å². The number of benzene rings is 2. The number of fused-ring (bicyclic) bond motifs is 1. The number of amides is 1. The summed E-state index contributed by atoms with van der Waals surface area (Å²) >= 11 is 0. The summed E-state index contributed by atoms with van der Waals surface area (Å²) in [5, 5.41) is 1.13. The van der Waals surface area contributed by atoms with Crippen molar-refractivity contribution in [3.8, 4) is 0 Å². The maximum absolute atomic E-state index is 13.0. The lowest BCUT2D eigenvalue weighted by Crippen LogP contribution is -2.48. The minimum Gasteiger partial charge on any atom is -0.336 e. The zero-order valence-corrected chi connectivity index (χ0v) is 19.9. The molecular formula is C26H25N5O3S. The van der Waals surface area contributed by atoms with Crippen LogP contribution in [0.5, 0.6) is 0 Å². The van der Waals surface area contributed by atoms with Crippen LogP contribution >= 0.6 is 0 Å². The average Bonchev–Trinajstić information content (AvgIpc) is 2.89. The number of aromatic nitrogens is 2. The first-order valence-electron chi connectivity index (χ1n) is 11.4. The van der Waals surface area contributed by atoms with E-state index in [4.69, 9.17) is 0 Å². The summed E-state index contributed by atoms with van der Waals surface area (Å²) in [5.41, 5.74) is 3.10. The lowest BCUT2D eigenvalue weighted by molar-refractivity contribution is 0.0628. The second-order valence-electron chi connectivity index (χ2n) is 8.43.